The highest BCUT2D eigenvalue weighted by Gasteiger charge is 2.10. The van der Waals surface area contributed by atoms with E-state index in [-0.39, 0.29) is 5.56 Å². The van der Waals surface area contributed by atoms with Gasteiger partial charge in [-0.25, -0.2) is 4.79 Å². The molecule has 0 heterocycles. The molecule has 0 amide bonds. The molecule has 6 heteroatoms. The number of hydrogen-bond donors (Lipinski definition) is 4. The molecule has 0 atom stereocenters. The van der Waals surface area contributed by atoms with Gasteiger partial charge < -0.3 is 20.4 Å². The van der Waals surface area contributed by atoms with Crippen molar-refractivity contribution in [2.45, 2.75) is 0 Å². The van der Waals surface area contributed by atoms with Crippen molar-refractivity contribution < 1.29 is 30.0 Å². The highest BCUT2D eigenvalue weighted by molar-refractivity contribution is 6.07. The number of para-hydroxylation sites is 1. The Labute approximate surface area is 102 Å². The number of aliphatic carboxylic acids is 1. The van der Waals surface area contributed by atoms with Gasteiger partial charge in [-0.3, -0.25) is 4.79 Å². The summed E-state index contributed by atoms with van der Waals surface area (Å²) in [5.41, 5.74) is -0.130. The van der Waals surface area contributed by atoms with Gasteiger partial charge in [0, 0.05) is 0 Å². The molecule has 0 fully saturated rings. The van der Waals surface area contributed by atoms with Crippen LogP contribution in [0.4, 0.5) is 0 Å². The summed E-state index contributed by atoms with van der Waals surface area (Å²) >= 11 is 0. The van der Waals surface area contributed by atoms with E-state index in [0.29, 0.717) is 0 Å². The Hall–Kier alpha value is -2.76. The summed E-state index contributed by atoms with van der Waals surface area (Å²) in [5, 5.41) is 35.7. The zero-order valence-electron chi connectivity index (χ0n) is 9.07. The van der Waals surface area contributed by atoms with Gasteiger partial charge in [-0.1, -0.05) is 12.1 Å². The number of carbonyl (C=O) groups excluding carboxylic acids is 1. The van der Waals surface area contributed by atoms with Crippen LogP contribution in [-0.2, 0) is 4.79 Å². The standard InChI is InChI=1S/C12H10O6/c13-8(4-2-6-10(15)12(17)18)7-3-1-5-9(14)11(7)16/h1-6,14-16H,(H,17,18)/b4-2+,10-6-. The number of aliphatic hydroxyl groups is 1. The SMILES string of the molecule is O=C(O)/C(O)=C/C=C/C(=O)c1cccc(O)c1O. The van der Waals surface area contributed by atoms with Crippen LogP contribution >= 0.6 is 0 Å². The van der Waals surface area contributed by atoms with E-state index in [9.17, 15) is 19.8 Å². The first-order valence-electron chi connectivity index (χ1n) is 4.79. The number of benzene rings is 1. The Balaban J connectivity index is 2.90. The number of phenols is 2. The van der Waals surface area contributed by atoms with Crippen LogP contribution in [0.3, 0.4) is 0 Å². The number of aliphatic hydroxyl groups excluding tert-OH is 1. The van der Waals surface area contributed by atoms with Crippen LogP contribution in [-0.4, -0.2) is 32.2 Å². The van der Waals surface area contributed by atoms with Gasteiger partial charge >= 0.3 is 5.97 Å². The second kappa shape index (κ2) is 5.53. The Kier molecular flexibility index (Phi) is 4.09. The van der Waals surface area contributed by atoms with Gasteiger partial charge in [0.1, 0.15) is 0 Å². The molecule has 0 unspecified atom stereocenters. The molecule has 94 valence electrons. The Bertz CT molecular complexity index is 541. The summed E-state index contributed by atoms with van der Waals surface area (Å²) in [6.07, 6.45) is 2.79. The van der Waals surface area contributed by atoms with Crippen LogP contribution in [0.2, 0.25) is 0 Å². The summed E-state index contributed by atoms with van der Waals surface area (Å²) < 4.78 is 0. The molecule has 0 saturated heterocycles. The quantitative estimate of drug-likeness (QED) is 0.211. The molecular formula is C12H10O6. The van der Waals surface area contributed by atoms with Gasteiger partial charge in [0.2, 0.25) is 5.76 Å². The van der Waals surface area contributed by atoms with Crippen molar-refractivity contribution in [3.63, 3.8) is 0 Å². The second-order valence-corrected chi connectivity index (χ2v) is 3.25. The van der Waals surface area contributed by atoms with E-state index in [4.69, 9.17) is 10.2 Å². The summed E-state index contributed by atoms with van der Waals surface area (Å²) in [7, 11) is 0. The third kappa shape index (κ3) is 3.11. The molecule has 0 spiro atoms. The van der Waals surface area contributed by atoms with E-state index in [1.165, 1.54) is 18.2 Å². The fraction of sp³-hybridized carbons (Fsp3) is 0. The Morgan fingerprint density at radius 1 is 1.11 bits per heavy atom. The lowest BCUT2D eigenvalue weighted by atomic mass is 10.1. The molecule has 0 radical (unpaired) electrons. The van der Waals surface area contributed by atoms with Crippen LogP contribution in [0.1, 0.15) is 10.4 Å². The first kappa shape index (κ1) is 13.3. The molecule has 0 aliphatic carbocycles. The molecule has 0 bridgehead atoms. The number of phenolic OH excluding ortho intramolecular Hbond substituents is 2. The lowest BCUT2D eigenvalue weighted by molar-refractivity contribution is -0.135. The molecule has 1 aromatic rings. The topological polar surface area (TPSA) is 115 Å². The molecular weight excluding hydrogens is 240 g/mol. The third-order valence-corrected chi connectivity index (χ3v) is 2.00. The van der Waals surface area contributed by atoms with Crippen LogP contribution in [0.25, 0.3) is 0 Å². The number of ketones is 1. The van der Waals surface area contributed by atoms with Crippen molar-refractivity contribution in [3.05, 3.63) is 47.7 Å². The molecule has 1 rings (SSSR count). The van der Waals surface area contributed by atoms with E-state index in [1.54, 1.807) is 0 Å². The van der Waals surface area contributed by atoms with Gasteiger partial charge in [-0.05, 0) is 24.3 Å². The molecule has 0 saturated carbocycles. The van der Waals surface area contributed by atoms with Gasteiger partial charge in [0.25, 0.3) is 0 Å². The van der Waals surface area contributed by atoms with Crippen molar-refractivity contribution in [2.75, 3.05) is 0 Å². The zero-order valence-corrected chi connectivity index (χ0v) is 9.07. The van der Waals surface area contributed by atoms with Crippen molar-refractivity contribution >= 4 is 11.8 Å². The highest BCUT2D eigenvalue weighted by Crippen LogP contribution is 2.28. The van der Waals surface area contributed by atoms with Crippen LogP contribution in [0.15, 0.2) is 42.2 Å². The second-order valence-electron chi connectivity index (χ2n) is 3.25. The lowest BCUT2D eigenvalue weighted by Gasteiger charge is -2.01. The molecule has 0 aromatic heterocycles. The van der Waals surface area contributed by atoms with Crippen LogP contribution in [0.5, 0.6) is 11.5 Å². The zero-order chi connectivity index (χ0) is 13.7. The normalized spacial score (nSPS) is 11.7. The summed E-state index contributed by atoms with van der Waals surface area (Å²) in [6.45, 7) is 0. The number of carboxylic acids is 1. The first-order chi connectivity index (χ1) is 8.43. The van der Waals surface area contributed by atoms with Crippen molar-refractivity contribution in [2.24, 2.45) is 0 Å². The summed E-state index contributed by atoms with van der Waals surface area (Å²) in [6, 6.07) is 3.88. The average molecular weight is 250 g/mol. The Morgan fingerprint density at radius 3 is 2.39 bits per heavy atom. The van der Waals surface area contributed by atoms with Gasteiger partial charge in [0.15, 0.2) is 17.3 Å². The number of rotatable bonds is 4. The largest absolute Gasteiger partial charge is 0.504 e. The molecule has 6 nitrogen and oxygen atoms in total. The van der Waals surface area contributed by atoms with Gasteiger partial charge in [-0.15, -0.1) is 0 Å². The van der Waals surface area contributed by atoms with E-state index in [1.807, 2.05) is 0 Å². The fourth-order valence-corrected chi connectivity index (χ4v) is 1.12. The van der Waals surface area contributed by atoms with Crippen LogP contribution in [0, 0.1) is 0 Å². The third-order valence-electron chi connectivity index (χ3n) is 2.00. The molecule has 0 aliphatic heterocycles. The maximum absolute atomic E-state index is 11.6. The van der Waals surface area contributed by atoms with E-state index in [2.05, 4.69) is 0 Å². The molecule has 0 aliphatic rings. The first-order valence-corrected chi connectivity index (χ1v) is 4.79. The highest BCUT2D eigenvalue weighted by atomic mass is 16.4. The lowest BCUT2D eigenvalue weighted by Crippen LogP contribution is -1.98. The number of hydrogen-bond acceptors (Lipinski definition) is 5. The number of allylic oxidation sites excluding steroid dienone is 3. The van der Waals surface area contributed by atoms with E-state index >= 15 is 0 Å². The minimum atomic E-state index is -1.52. The molecule has 1 aromatic carbocycles. The summed E-state index contributed by atoms with van der Waals surface area (Å²) in [5.74, 6) is -4.07. The molecule has 4 N–H and O–H groups in total. The maximum Gasteiger partial charge on any atom is 0.370 e. The average Bonchev–Trinajstić information content (AvgIpc) is 2.32. The predicted molar refractivity (Wildman–Crippen MR) is 61.6 cm³/mol. The van der Waals surface area contributed by atoms with Crippen LogP contribution < -0.4 is 0 Å². The number of carboxylic acid groups (broad SMARTS) is 1. The number of aromatic hydroxyl groups is 2. The van der Waals surface area contributed by atoms with E-state index in [0.717, 1.165) is 18.2 Å². The van der Waals surface area contributed by atoms with Crippen molar-refractivity contribution in [3.8, 4) is 11.5 Å². The molecule has 18 heavy (non-hydrogen) atoms. The van der Waals surface area contributed by atoms with Crippen molar-refractivity contribution in [1.82, 2.24) is 0 Å². The number of carbonyl (C=O) groups is 2. The van der Waals surface area contributed by atoms with Gasteiger partial charge in [0.05, 0.1) is 5.56 Å². The fourth-order valence-electron chi connectivity index (χ4n) is 1.12. The monoisotopic (exact) mass is 250 g/mol. The van der Waals surface area contributed by atoms with E-state index < -0.39 is 29.0 Å². The smallest absolute Gasteiger partial charge is 0.370 e. The maximum atomic E-state index is 11.6. The van der Waals surface area contributed by atoms with Crippen molar-refractivity contribution in [1.29, 1.82) is 0 Å². The minimum absolute atomic E-state index is 0.130. The predicted octanol–water partition coefficient (Wildman–Crippen LogP) is 1.36. The van der Waals surface area contributed by atoms with Gasteiger partial charge in [-0.2, -0.15) is 0 Å². The minimum Gasteiger partial charge on any atom is -0.504 e. The Morgan fingerprint density at radius 2 is 1.78 bits per heavy atom. The summed E-state index contributed by atoms with van der Waals surface area (Å²) in [4.78, 5) is 21.8.